The van der Waals surface area contributed by atoms with Crippen LogP contribution in [0.4, 0.5) is 0 Å². The highest BCUT2D eigenvalue weighted by molar-refractivity contribution is 14.0. The molecule has 1 amide bonds. The quantitative estimate of drug-likeness (QED) is 0.330. The van der Waals surface area contributed by atoms with E-state index in [0.29, 0.717) is 6.54 Å². The summed E-state index contributed by atoms with van der Waals surface area (Å²) in [5.41, 5.74) is -0.281. The molecule has 1 aromatic carbocycles. The maximum atomic E-state index is 12.7. The van der Waals surface area contributed by atoms with Crippen molar-refractivity contribution in [2.45, 2.75) is 48.2 Å². The fraction of sp³-hybridized carbons (Fsp3) is 0.619. The van der Waals surface area contributed by atoms with Crippen molar-refractivity contribution >= 4 is 47.6 Å². The maximum Gasteiger partial charge on any atom is 0.230 e. The third kappa shape index (κ3) is 5.78. The first-order valence-electron chi connectivity index (χ1n) is 9.89. The molecular formula is C21H33IN4OS. The average molecular weight is 516 g/mol. The van der Waals surface area contributed by atoms with Crippen molar-refractivity contribution in [2.24, 2.45) is 10.4 Å². The number of thioether (sulfide) groups is 1. The summed E-state index contributed by atoms with van der Waals surface area (Å²) in [6.07, 6.45) is 6.62. The molecule has 2 aliphatic rings. The van der Waals surface area contributed by atoms with E-state index in [0.717, 1.165) is 38.2 Å². The predicted molar refractivity (Wildman–Crippen MR) is 129 cm³/mol. The Morgan fingerprint density at radius 3 is 2.21 bits per heavy atom. The van der Waals surface area contributed by atoms with Gasteiger partial charge < -0.3 is 15.5 Å². The smallest absolute Gasteiger partial charge is 0.230 e. The average Bonchev–Trinajstić information content (AvgIpc) is 3.26. The zero-order chi connectivity index (χ0) is 19.3. The minimum Gasteiger partial charge on any atom is -0.355 e. The van der Waals surface area contributed by atoms with Gasteiger partial charge in [0.15, 0.2) is 5.96 Å². The summed E-state index contributed by atoms with van der Waals surface area (Å²) in [5.74, 6) is 1.04. The highest BCUT2D eigenvalue weighted by Crippen LogP contribution is 2.51. The molecule has 0 saturated heterocycles. The van der Waals surface area contributed by atoms with E-state index < -0.39 is 0 Å². The van der Waals surface area contributed by atoms with Gasteiger partial charge in [-0.2, -0.15) is 0 Å². The Morgan fingerprint density at radius 1 is 1.07 bits per heavy atom. The highest BCUT2D eigenvalue weighted by Gasteiger charge is 2.44. The molecular weight excluding hydrogens is 483 g/mol. The van der Waals surface area contributed by atoms with Crippen molar-refractivity contribution in [3.05, 3.63) is 30.3 Å². The minimum atomic E-state index is -0.281. The summed E-state index contributed by atoms with van der Waals surface area (Å²) in [7, 11) is 5.51. The zero-order valence-electron chi connectivity index (χ0n) is 17.2. The van der Waals surface area contributed by atoms with E-state index >= 15 is 0 Å². The Kier molecular flexibility index (Phi) is 8.48. The molecule has 2 N–H and O–H groups in total. The van der Waals surface area contributed by atoms with E-state index in [1.807, 2.05) is 25.9 Å². The number of nitrogens with zero attached hydrogens (tertiary/aromatic N) is 2. The summed E-state index contributed by atoms with van der Waals surface area (Å²) in [6, 6.07) is 10.6. The Hall–Kier alpha value is -0.960. The minimum absolute atomic E-state index is 0. The van der Waals surface area contributed by atoms with Crippen LogP contribution in [0, 0.1) is 5.41 Å². The van der Waals surface area contributed by atoms with E-state index in [-0.39, 0.29) is 40.0 Å². The van der Waals surface area contributed by atoms with Gasteiger partial charge in [-0.15, -0.1) is 35.7 Å². The number of hydrogen-bond acceptors (Lipinski definition) is 3. The molecule has 0 unspecified atom stereocenters. The molecule has 2 aliphatic carbocycles. The Morgan fingerprint density at radius 2 is 1.68 bits per heavy atom. The van der Waals surface area contributed by atoms with Gasteiger partial charge in [0.2, 0.25) is 5.91 Å². The first-order valence-corrected chi connectivity index (χ1v) is 10.7. The van der Waals surface area contributed by atoms with E-state index in [1.165, 1.54) is 17.7 Å². The zero-order valence-corrected chi connectivity index (χ0v) is 20.3. The van der Waals surface area contributed by atoms with Crippen molar-refractivity contribution in [1.82, 2.24) is 15.5 Å². The predicted octanol–water partition coefficient (Wildman–Crippen LogP) is 3.74. The van der Waals surface area contributed by atoms with Crippen LogP contribution >= 0.6 is 35.7 Å². The van der Waals surface area contributed by atoms with Gasteiger partial charge in [-0.3, -0.25) is 9.79 Å². The summed E-state index contributed by atoms with van der Waals surface area (Å²) in [4.78, 5) is 20.2. The van der Waals surface area contributed by atoms with Gasteiger partial charge in [0.1, 0.15) is 0 Å². The van der Waals surface area contributed by atoms with Crippen molar-refractivity contribution in [3.8, 4) is 0 Å². The second-order valence-electron chi connectivity index (χ2n) is 8.06. The highest BCUT2D eigenvalue weighted by atomic mass is 127. The Bertz CT molecular complexity index is 670. The molecule has 7 heteroatoms. The molecule has 0 radical (unpaired) electrons. The number of guanidine groups is 1. The van der Waals surface area contributed by atoms with Gasteiger partial charge in [0.25, 0.3) is 0 Å². The van der Waals surface area contributed by atoms with Crippen molar-refractivity contribution < 1.29 is 4.79 Å². The number of carbonyl (C=O) groups is 1. The number of halogens is 1. The summed E-state index contributed by atoms with van der Waals surface area (Å²) < 4.78 is 0.267. The third-order valence-corrected chi connectivity index (χ3v) is 7.20. The second-order valence-corrected chi connectivity index (χ2v) is 9.61. The molecule has 2 fully saturated rings. The van der Waals surface area contributed by atoms with E-state index in [4.69, 9.17) is 0 Å². The lowest BCUT2D eigenvalue weighted by Gasteiger charge is -2.31. The van der Waals surface area contributed by atoms with Gasteiger partial charge in [-0.25, -0.2) is 0 Å². The number of rotatable bonds is 7. The molecule has 0 heterocycles. The van der Waals surface area contributed by atoms with Crippen molar-refractivity contribution in [2.75, 3.05) is 34.2 Å². The standard InChI is InChI=1S/C21H32N4OS.HI/c1-22-19(23-15-20(11-7-8-12-20)18(26)25(2)3)24-16-21(13-14-21)27-17-9-5-4-6-10-17;/h4-6,9-10H,7-8,11-16H2,1-3H3,(H2,22,23,24);1H. The van der Waals surface area contributed by atoms with Crippen LogP contribution in [0.5, 0.6) is 0 Å². The fourth-order valence-electron chi connectivity index (χ4n) is 3.90. The van der Waals surface area contributed by atoms with Gasteiger partial charge >= 0.3 is 0 Å². The lowest BCUT2D eigenvalue weighted by Crippen LogP contribution is -2.50. The van der Waals surface area contributed by atoms with Crippen LogP contribution < -0.4 is 10.6 Å². The van der Waals surface area contributed by atoms with Gasteiger partial charge in [0.05, 0.1) is 5.41 Å². The first kappa shape index (κ1) is 23.3. The molecule has 0 atom stereocenters. The summed E-state index contributed by atoms with van der Waals surface area (Å²) in [6.45, 7) is 1.55. The molecule has 0 aliphatic heterocycles. The van der Waals surface area contributed by atoms with E-state index in [2.05, 4.69) is 46.0 Å². The number of carbonyl (C=O) groups excluding carboxylic acids is 1. The Labute approximate surface area is 190 Å². The molecule has 0 bridgehead atoms. The summed E-state index contributed by atoms with van der Waals surface area (Å²) >= 11 is 1.95. The molecule has 3 rings (SSSR count). The number of hydrogen-bond donors (Lipinski definition) is 2. The van der Waals surface area contributed by atoms with Crippen LogP contribution in [-0.4, -0.2) is 55.7 Å². The van der Waals surface area contributed by atoms with E-state index in [1.54, 1.807) is 11.9 Å². The molecule has 2 saturated carbocycles. The number of aliphatic imine (C=N–C) groups is 1. The monoisotopic (exact) mass is 516 g/mol. The van der Waals surface area contributed by atoms with Crippen LogP contribution in [-0.2, 0) is 4.79 Å². The fourth-order valence-corrected chi connectivity index (χ4v) is 5.15. The molecule has 1 aromatic rings. The maximum absolute atomic E-state index is 12.7. The molecule has 5 nitrogen and oxygen atoms in total. The molecule has 0 spiro atoms. The lowest BCUT2D eigenvalue weighted by atomic mass is 9.84. The second kappa shape index (κ2) is 10.2. The summed E-state index contributed by atoms with van der Waals surface area (Å²) in [5, 5.41) is 6.93. The topological polar surface area (TPSA) is 56.7 Å². The molecule has 28 heavy (non-hydrogen) atoms. The SMILES string of the molecule is CN=C(NCC1(Sc2ccccc2)CC1)NCC1(C(=O)N(C)C)CCCC1.I. The van der Waals surface area contributed by atoms with Gasteiger partial charge in [0, 0.05) is 43.9 Å². The lowest BCUT2D eigenvalue weighted by molar-refractivity contribution is -0.138. The van der Waals surface area contributed by atoms with Crippen molar-refractivity contribution in [1.29, 1.82) is 0 Å². The molecule has 156 valence electrons. The van der Waals surface area contributed by atoms with Crippen molar-refractivity contribution in [3.63, 3.8) is 0 Å². The molecule has 0 aromatic heterocycles. The Balaban J connectivity index is 0.00000280. The number of nitrogens with one attached hydrogen (secondary N) is 2. The first-order chi connectivity index (χ1) is 13.0. The van der Waals surface area contributed by atoms with Crippen LogP contribution in [0.3, 0.4) is 0 Å². The van der Waals surface area contributed by atoms with Crippen LogP contribution in [0.25, 0.3) is 0 Å². The van der Waals surface area contributed by atoms with Crippen LogP contribution in [0.2, 0.25) is 0 Å². The van der Waals surface area contributed by atoms with Crippen LogP contribution in [0.15, 0.2) is 40.2 Å². The largest absolute Gasteiger partial charge is 0.355 e. The van der Waals surface area contributed by atoms with E-state index in [9.17, 15) is 4.79 Å². The van der Waals surface area contributed by atoms with Gasteiger partial charge in [-0.1, -0.05) is 31.0 Å². The third-order valence-electron chi connectivity index (χ3n) is 5.70. The van der Waals surface area contributed by atoms with Crippen LogP contribution in [0.1, 0.15) is 38.5 Å². The normalized spacial score (nSPS) is 19.5. The number of benzene rings is 1. The van der Waals surface area contributed by atoms with Gasteiger partial charge in [-0.05, 0) is 37.8 Å². The number of amides is 1.